The van der Waals surface area contributed by atoms with E-state index in [0.717, 1.165) is 24.0 Å². The molecule has 0 radical (unpaired) electrons. The van der Waals surface area contributed by atoms with Crippen LogP contribution in [-0.4, -0.2) is 40.2 Å². The third kappa shape index (κ3) is 2.28. The van der Waals surface area contributed by atoms with Crippen LogP contribution >= 0.6 is 0 Å². The number of rotatable bonds is 3. The fraction of sp³-hybridized carbons (Fsp3) is 0.467. The normalized spacial score (nSPS) is 20.8. The van der Waals surface area contributed by atoms with Crippen LogP contribution in [0.2, 0.25) is 0 Å². The zero-order chi connectivity index (χ0) is 13.2. The van der Waals surface area contributed by atoms with E-state index in [-0.39, 0.29) is 0 Å². The summed E-state index contributed by atoms with van der Waals surface area (Å²) in [6.45, 7) is 1.17. The van der Waals surface area contributed by atoms with Crippen LogP contribution < -0.4 is 0 Å². The van der Waals surface area contributed by atoms with Crippen LogP contribution in [0.1, 0.15) is 35.4 Å². The highest BCUT2D eigenvalue weighted by Gasteiger charge is 2.21. The van der Waals surface area contributed by atoms with Gasteiger partial charge in [-0.1, -0.05) is 6.42 Å². The fourth-order valence-corrected chi connectivity index (χ4v) is 2.96. The van der Waals surface area contributed by atoms with Crippen molar-refractivity contribution in [1.29, 1.82) is 0 Å². The number of carbonyl (C=O) groups is 1. The molecular formula is C15H19N3O. The second-order valence-electron chi connectivity index (χ2n) is 5.35. The smallest absolute Gasteiger partial charge is 0.152 e. The van der Waals surface area contributed by atoms with Gasteiger partial charge in [-0.2, -0.15) is 0 Å². The van der Waals surface area contributed by atoms with Crippen molar-refractivity contribution in [3.63, 3.8) is 0 Å². The molecule has 19 heavy (non-hydrogen) atoms. The minimum Gasteiger partial charge on any atom is -0.303 e. The van der Waals surface area contributed by atoms with Gasteiger partial charge in [0.1, 0.15) is 5.82 Å². The second-order valence-corrected chi connectivity index (χ2v) is 5.35. The van der Waals surface area contributed by atoms with Gasteiger partial charge < -0.3 is 9.30 Å². The molecule has 3 heterocycles. The molecule has 2 aromatic rings. The van der Waals surface area contributed by atoms with Gasteiger partial charge in [-0.3, -0.25) is 4.79 Å². The Kier molecular flexibility index (Phi) is 3.34. The molecule has 4 nitrogen and oxygen atoms in total. The third-order valence-electron chi connectivity index (χ3n) is 4.15. The third-order valence-corrected chi connectivity index (χ3v) is 4.15. The van der Waals surface area contributed by atoms with Gasteiger partial charge >= 0.3 is 0 Å². The van der Waals surface area contributed by atoms with Crippen molar-refractivity contribution >= 4 is 11.8 Å². The van der Waals surface area contributed by atoms with Crippen molar-refractivity contribution in [2.45, 2.75) is 31.7 Å². The van der Waals surface area contributed by atoms with E-state index < -0.39 is 0 Å². The van der Waals surface area contributed by atoms with Gasteiger partial charge in [0.05, 0.1) is 11.7 Å². The van der Waals surface area contributed by atoms with E-state index in [4.69, 9.17) is 0 Å². The van der Waals surface area contributed by atoms with Gasteiger partial charge in [-0.15, -0.1) is 0 Å². The lowest BCUT2D eigenvalue weighted by Gasteiger charge is -2.32. The lowest BCUT2D eigenvalue weighted by molar-refractivity contribution is 0.112. The molecule has 0 spiro atoms. The fourth-order valence-electron chi connectivity index (χ4n) is 2.96. The van der Waals surface area contributed by atoms with Crippen molar-refractivity contribution in [3.8, 4) is 0 Å². The maximum Gasteiger partial charge on any atom is 0.152 e. The van der Waals surface area contributed by atoms with E-state index in [1.54, 1.807) is 0 Å². The summed E-state index contributed by atoms with van der Waals surface area (Å²) in [5, 5.41) is 0. The first-order valence-electron chi connectivity index (χ1n) is 6.90. The Morgan fingerprint density at radius 1 is 1.47 bits per heavy atom. The molecule has 0 aromatic carbocycles. The first kappa shape index (κ1) is 12.4. The van der Waals surface area contributed by atoms with E-state index in [0.29, 0.717) is 11.6 Å². The zero-order valence-corrected chi connectivity index (χ0v) is 11.2. The number of piperidine rings is 1. The Balaban J connectivity index is 1.91. The van der Waals surface area contributed by atoms with Gasteiger partial charge in [0, 0.05) is 24.2 Å². The van der Waals surface area contributed by atoms with Crippen molar-refractivity contribution in [2.24, 2.45) is 0 Å². The van der Waals surface area contributed by atoms with Crippen molar-refractivity contribution < 1.29 is 4.79 Å². The van der Waals surface area contributed by atoms with Crippen LogP contribution in [0.4, 0.5) is 0 Å². The molecule has 0 N–H and O–H groups in total. The SMILES string of the molecule is CN1CCCCC1Cc1ncc2c(C=O)cccn12. The molecule has 3 rings (SSSR count). The lowest BCUT2D eigenvalue weighted by atomic mass is 10.00. The van der Waals surface area contributed by atoms with Crippen molar-refractivity contribution in [2.75, 3.05) is 13.6 Å². The molecule has 1 aliphatic rings. The molecule has 4 heteroatoms. The summed E-state index contributed by atoms with van der Waals surface area (Å²) >= 11 is 0. The van der Waals surface area contributed by atoms with Crippen LogP contribution in [0.3, 0.4) is 0 Å². The van der Waals surface area contributed by atoms with Crippen molar-refractivity contribution in [3.05, 3.63) is 35.9 Å². The Morgan fingerprint density at radius 2 is 2.37 bits per heavy atom. The van der Waals surface area contributed by atoms with E-state index in [1.807, 2.05) is 28.9 Å². The summed E-state index contributed by atoms with van der Waals surface area (Å²) in [5.74, 6) is 1.05. The number of carbonyl (C=O) groups excluding carboxylic acids is 1. The number of fused-ring (bicyclic) bond motifs is 1. The first-order chi connectivity index (χ1) is 9.29. The number of imidazole rings is 1. The molecule has 1 aliphatic heterocycles. The Morgan fingerprint density at radius 3 is 3.16 bits per heavy atom. The van der Waals surface area contributed by atoms with Gasteiger partial charge in [-0.05, 0) is 38.6 Å². The van der Waals surface area contributed by atoms with E-state index in [2.05, 4.69) is 16.9 Å². The number of likely N-dealkylation sites (N-methyl/N-ethyl adjacent to an activating group) is 1. The van der Waals surface area contributed by atoms with Crippen LogP contribution in [0.5, 0.6) is 0 Å². The summed E-state index contributed by atoms with van der Waals surface area (Å²) in [7, 11) is 2.19. The Bertz CT molecular complexity index is 590. The minimum atomic E-state index is 0.569. The minimum absolute atomic E-state index is 0.569. The quantitative estimate of drug-likeness (QED) is 0.791. The summed E-state index contributed by atoms with van der Waals surface area (Å²) in [6, 6.07) is 4.31. The van der Waals surface area contributed by atoms with E-state index in [9.17, 15) is 4.79 Å². The summed E-state index contributed by atoms with van der Waals surface area (Å²) in [5.41, 5.74) is 1.62. The van der Waals surface area contributed by atoms with Crippen LogP contribution in [0.25, 0.3) is 5.52 Å². The van der Waals surface area contributed by atoms with Gasteiger partial charge in [0.25, 0.3) is 0 Å². The number of aromatic nitrogens is 2. The summed E-state index contributed by atoms with van der Waals surface area (Å²) in [6.07, 6.45) is 9.48. The van der Waals surface area contributed by atoms with Crippen LogP contribution in [0.15, 0.2) is 24.5 Å². The van der Waals surface area contributed by atoms with E-state index in [1.165, 1.54) is 25.8 Å². The number of nitrogens with zero attached hydrogens (tertiary/aromatic N) is 3. The molecule has 0 amide bonds. The number of hydrogen-bond acceptors (Lipinski definition) is 3. The molecule has 0 aliphatic carbocycles. The number of hydrogen-bond donors (Lipinski definition) is 0. The highest BCUT2D eigenvalue weighted by atomic mass is 16.1. The highest BCUT2D eigenvalue weighted by molar-refractivity contribution is 5.85. The second kappa shape index (κ2) is 5.13. The maximum atomic E-state index is 11.0. The Hall–Kier alpha value is -1.68. The highest BCUT2D eigenvalue weighted by Crippen LogP contribution is 2.20. The zero-order valence-electron chi connectivity index (χ0n) is 11.2. The lowest BCUT2D eigenvalue weighted by Crippen LogP contribution is -2.38. The number of likely N-dealkylation sites (tertiary alicyclic amines) is 1. The monoisotopic (exact) mass is 257 g/mol. The van der Waals surface area contributed by atoms with Crippen molar-refractivity contribution in [1.82, 2.24) is 14.3 Å². The van der Waals surface area contributed by atoms with Gasteiger partial charge in [0.2, 0.25) is 0 Å². The average molecular weight is 257 g/mol. The van der Waals surface area contributed by atoms with Gasteiger partial charge in [-0.25, -0.2) is 4.98 Å². The van der Waals surface area contributed by atoms with Crippen LogP contribution in [-0.2, 0) is 6.42 Å². The standard InChI is InChI=1S/C15H19N3O/c1-17-7-3-2-6-13(17)9-15-16-10-14-12(11-19)5-4-8-18(14)15/h4-5,8,10-11,13H,2-3,6-7,9H2,1H3. The molecule has 1 unspecified atom stereocenters. The number of pyridine rings is 1. The molecule has 0 bridgehead atoms. The summed E-state index contributed by atoms with van der Waals surface area (Å²) < 4.78 is 2.05. The predicted molar refractivity (Wildman–Crippen MR) is 74.6 cm³/mol. The van der Waals surface area contributed by atoms with Crippen LogP contribution in [0, 0.1) is 0 Å². The van der Waals surface area contributed by atoms with Gasteiger partial charge in [0.15, 0.2) is 6.29 Å². The maximum absolute atomic E-state index is 11.0. The predicted octanol–water partition coefficient (Wildman–Crippen LogP) is 2.17. The molecule has 1 fully saturated rings. The molecule has 100 valence electrons. The largest absolute Gasteiger partial charge is 0.303 e. The molecular weight excluding hydrogens is 238 g/mol. The Labute approximate surface area is 113 Å². The number of aldehydes is 1. The first-order valence-corrected chi connectivity index (χ1v) is 6.90. The van der Waals surface area contributed by atoms with E-state index >= 15 is 0 Å². The molecule has 1 saturated heterocycles. The molecule has 0 saturated carbocycles. The summed E-state index contributed by atoms with van der Waals surface area (Å²) in [4.78, 5) is 18.0. The molecule has 2 aromatic heterocycles. The molecule has 1 atom stereocenters. The average Bonchev–Trinajstić information content (AvgIpc) is 2.84. The topological polar surface area (TPSA) is 37.6 Å².